The normalized spacial score (nSPS) is 11.6. The van der Waals surface area contributed by atoms with Crippen LogP contribution < -0.4 is 4.90 Å². The van der Waals surface area contributed by atoms with E-state index in [0.29, 0.717) is 5.15 Å². The van der Waals surface area contributed by atoms with Crippen LogP contribution in [0.3, 0.4) is 0 Å². The lowest BCUT2D eigenvalue weighted by atomic mass is 10.4. The van der Waals surface area contributed by atoms with E-state index in [1.165, 1.54) is 0 Å². The summed E-state index contributed by atoms with van der Waals surface area (Å²) in [6.07, 6.45) is 3.71. The lowest BCUT2D eigenvalue weighted by Crippen LogP contribution is -2.23. The van der Waals surface area contributed by atoms with Gasteiger partial charge in [-0.3, -0.25) is 4.99 Å². The van der Waals surface area contributed by atoms with E-state index in [9.17, 15) is 0 Å². The van der Waals surface area contributed by atoms with Crippen molar-refractivity contribution < 1.29 is 0 Å². The van der Waals surface area contributed by atoms with Gasteiger partial charge in [0.25, 0.3) is 0 Å². The molecule has 1 aromatic heterocycles. The van der Waals surface area contributed by atoms with E-state index in [-0.39, 0.29) is 0 Å². The fraction of sp³-hybridized carbons (Fsp3) is 0.333. The zero-order valence-electron chi connectivity index (χ0n) is 8.36. The van der Waals surface area contributed by atoms with Gasteiger partial charge in [-0.25, -0.2) is 4.98 Å². The number of thioether (sulfide) groups is 1. The van der Waals surface area contributed by atoms with E-state index in [1.807, 2.05) is 24.3 Å². The van der Waals surface area contributed by atoms with E-state index < -0.39 is 0 Å². The Morgan fingerprint density at radius 3 is 2.71 bits per heavy atom. The van der Waals surface area contributed by atoms with Crippen molar-refractivity contribution in [2.75, 3.05) is 25.3 Å². The molecule has 0 radical (unpaired) electrons. The Hall–Kier alpha value is -0.740. The lowest BCUT2D eigenvalue weighted by molar-refractivity contribution is 1.21. The van der Waals surface area contributed by atoms with E-state index in [0.717, 1.165) is 10.9 Å². The zero-order valence-corrected chi connectivity index (χ0v) is 9.93. The molecular weight excluding hydrogens is 218 g/mol. The van der Waals surface area contributed by atoms with Crippen molar-refractivity contribution in [1.29, 1.82) is 0 Å². The molecule has 76 valence electrons. The first-order chi connectivity index (χ1) is 6.69. The highest BCUT2D eigenvalue weighted by Crippen LogP contribution is 2.17. The van der Waals surface area contributed by atoms with Gasteiger partial charge in [-0.1, -0.05) is 23.4 Å². The molecule has 14 heavy (non-hydrogen) atoms. The molecule has 0 saturated heterocycles. The fourth-order valence-electron chi connectivity index (χ4n) is 1.06. The van der Waals surface area contributed by atoms with Crippen molar-refractivity contribution in [3.05, 3.63) is 23.5 Å². The fourth-order valence-corrected chi connectivity index (χ4v) is 1.73. The standard InChI is InChI=1S/C9H12ClN3S/c1-11-9(14-3)13(2)7-4-5-8(10)12-6-7/h4-6H,1-3H3. The summed E-state index contributed by atoms with van der Waals surface area (Å²) in [4.78, 5) is 10.1. The summed E-state index contributed by atoms with van der Waals surface area (Å²) in [6.45, 7) is 0. The number of rotatable bonds is 1. The molecular formula is C9H12ClN3S. The van der Waals surface area contributed by atoms with E-state index in [2.05, 4.69) is 9.98 Å². The number of hydrogen-bond acceptors (Lipinski definition) is 3. The second kappa shape index (κ2) is 5.22. The van der Waals surface area contributed by atoms with Crippen LogP contribution in [0.4, 0.5) is 5.69 Å². The largest absolute Gasteiger partial charge is 0.323 e. The topological polar surface area (TPSA) is 28.5 Å². The minimum atomic E-state index is 0.501. The first-order valence-electron chi connectivity index (χ1n) is 4.05. The van der Waals surface area contributed by atoms with Gasteiger partial charge in [0.15, 0.2) is 5.17 Å². The Balaban J connectivity index is 2.89. The molecule has 0 bridgehead atoms. The van der Waals surface area contributed by atoms with Gasteiger partial charge in [-0.05, 0) is 18.4 Å². The highest BCUT2D eigenvalue weighted by atomic mass is 35.5. The van der Waals surface area contributed by atoms with Crippen LogP contribution in [-0.4, -0.2) is 30.5 Å². The van der Waals surface area contributed by atoms with Gasteiger partial charge in [0, 0.05) is 14.1 Å². The molecule has 0 saturated carbocycles. The predicted octanol–water partition coefficient (Wildman–Crippen LogP) is 2.52. The van der Waals surface area contributed by atoms with Crippen LogP contribution in [0.1, 0.15) is 0 Å². The molecule has 1 heterocycles. The number of amidine groups is 1. The van der Waals surface area contributed by atoms with Crippen LogP contribution >= 0.6 is 23.4 Å². The molecule has 0 aromatic carbocycles. The Labute approximate surface area is 93.2 Å². The summed E-state index contributed by atoms with van der Waals surface area (Å²) in [5.41, 5.74) is 0.976. The van der Waals surface area contributed by atoms with Crippen LogP contribution in [0.5, 0.6) is 0 Å². The molecule has 0 aliphatic carbocycles. The molecule has 0 atom stereocenters. The SMILES string of the molecule is CN=C(SC)N(C)c1ccc(Cl)nc1. The smallest absolute Gasteiger partial charge is 0.162 e. The molecule has 1 rings (SSSR count). The molecule has 0 fully saturated rings. The van der Waals surface area contributed by atoms with Crippen molar-refractivity contribution in [2.45, 2.75) is 0 Å². The molecule has 3 nitrogen and oxygen atoms in total. The maximum atomic E-state index is 5.70. The number of aliphatic imine (C=N–C) groups is 1. The van der Waals surface area contributed by atoms with Gasteiger partial charge < -0.3 is 4.90 Å². The first-order valence-corrected chi connectivity index (χ1v) is 5.65. The Kier molecular flexibility index (Phi) is 4.22. The van der Waals surface area contributed by atoms with Crippen LogP contribution in [-0.2, 0) is 0 Å². The lowest BCUT2D eigenvalue weighted by Gasteiger charge is -2.18. The summed E-state index contributed by atoms with van der Waals surface area (Å²) in [7, 11) is 3.72. The highest BCUT2D eigenvalue weighted by Gasteiger charge is 2.06. The summed E-state index contributed by atoms with van der Waals surface area (Å²) < 4.78 is 0. The highest BCUT2D eigenvalue weighted by molar-refractivity contribution is 8.13. The monoisotopic (exact) mass is 229 g/mol. The molecule has 0 N–H and O–H groups in total. The molecule has 0 aliphatic heterocycles. The molecule has 5 heteroatoms. The van der Waals surface area contributed by atoms with Gasteiger partial charge in [0.1, 0.15) is 5.15 Å². The van der Waals surface area contributed by atoms with Crippen LogP contribution in [0, 0.1) is 0 Å². The number of halogens is 1. The van der Waals surface area contributed by atoms with Crippen LogP contribution in [0.2, 0.25) is 5.15 Å². The number of aromatic nitrogens is 1. The quantitative estimate of drug-likeness (QED) is 0.421. The minimum Gasteiger partial charge on any atom is -0.323 e. The van der Waals surface area contributed by atoms with E-state index >= 15 is 0 Å². The maximum absolute atomic E-state index is 5.70. The molecule has 0 amide bonds. The predicted molar refractivity (Wildman–Crippen MR) is 64.5 cm³/mol. The Morgan fingerprint density at radius 1 is 1.57 bits per heavy atom. The maximum Gasteiger partial charge on any atom is 0.162 e. The van der Waals surface area contributed by atoms with Gasteiger partial charge >= 0.3 is 0 Å². The molecule has 0 spiro atoms. The third kappa shape index (κ3) is 2.62. The molecule has 0 unspecified atom stereocenters. The van der Waals surface area contributed by atoms with Crippen molar-refractivity contribution in [3.63, 3.8) is 0 Å². The zero-order chi connectivity index (χ0) is 10.6. The van der Waals surface area contributed by atoms with Crippen molar-refractivity contribution >= 4 is 34.2 Å². The van der Waals surface area contributed by atoms with Crippen molar-refractivity contribution in [3.8, 4) is 0 Å². The molecule has 0 aliphatic rings. The summed E-state index contributed by atoms with van der Waals surface area (Å²) in [5.74, 6) is 0. The van der Waals surface area contributed by atoms with E-state index in [4.69, 9.17) is 11.6 Å². The summed E-state index contributed by atoms with van der Waals surface area (Å²) in [6, 6.07) is 3.68. The van der Waals surface area contributed by atoms with Crippen LogP contribution in [0.25, 0.3) is 0 Å². The second-order valence-electron chi connectivity index (χ2n) is 2.61. The molecule has 1 aromatic rings. The van der Waals surface area contributed by atoms with Crippen LogP contribution in [0.15, 0.2) is 23.3 Å². The number of hydrogen-bond donors (Lipinski definition) is 0. The summed E-state index contributed by atoms with van der Waals surface area (Å²) in [5, 5.41) is 1.44. The number of anilines is 1. The van der Waals surface area contributed by atoms with E-state index in [1.54, 1.807) is 31.1 Å². The van der Waals surface area contributed by atoms with Gasteiger partial charge in [0.2, 0.25) is 0 Å². The average Bonchev–Trinajstić information content (AvgIpc) is 2.20. The number of pyridine rings is 1. The van der Waals surface area contributed by atoms with Crippen molar-refractivity contribution in [2.24, 2.45) is 4.99 Å². The van der Waals surface area contributed by atoms with Crippen molar-refractivity contribution in [1.82, 2.24) is 4.98 Å². The second-order valence-corrected chi connectivity index (χ2v) is 3.77. The third-order valence-electron chi connectivity index (χ3n) is 1.76. The van der Waals surface area contributed by atoms with Gasteiger partial charge in [-0.2, -0.15) is 0 Å². The Morgan fingerprint density at radius 2 is 2.29 bits per heavy atom. The first kappa shape index (κ1) is 11.3. The summed E-state index contributed by atoms with van der Waals surface area (Å²) >= 11 is 7.29. The minimum absolute atomic E-state index is 0.501. The third-order valence-corrected chi connectivity index (χ3v) is 2.81. The number of nitrogens with zero attached hydrogens (tertiary/aromatic N) is 3. The van der Waals surface area contributed by atoms with Gasteiger partial charge in [-0.15, -0.1) is 0 Å². The van der Waals surface area contributed by atoms with Gasteiger partial charge in [0.05, 0.1) is 11.9 Å². The average molecular weight is 230 g/mol. The Bertz CT molecular complexity index is 323.